The lowest BCUT2D eigenvalue weighted by molar-refractivity contribution is -0.136. The molecule has 34 heavy (non-hydrogen) atoms. The number of ketones is 2. The van der Waals surface area contributed by atoms with Crippen LogP contribution < -0.4 is 5.32 Å². The number of carbonyl (C=O) groups excluding carboxylic acids is 3. The second-order valence-corrected chi connectivity index (χ2v) is 8.27. The predicted molar refractivity (Wildman–Crippen MR) is 134 cm³/mol. The SMILES string of the molecule is O=C(Nc1ccc(Cl)cc1)C(=O)[C@H](C(=O)c1ccccc1)C(c1ccccc1)c1ccccc1. The normalized spacial score (nSPS) is 11.6. The molecule has 1 atom stereocenters. The summed E-state index contributed by atoms with van der Waals surface area (Å²) in [6.45, 7) is 0. The van der Waals surface area contributed by atoms with Crippen LogP contribution >= 0.6 is 11.6 Å². The lowest BCUT2D eigenvalue weighted by Crippen LogP contribution is -2.38. The van der Waals surface area contributed by atoms with Gasteiger partial charge in [0.1, 0.15) is 5.92 Å². The number of Topliss-reactive ketones (excluding diaryl/α,β-unsaturated/α-hetero) is 2. The molecule has 0 aliphatic heterocycles. The van der Waals surface area contributed by atoms with Crippen LogP contribution in [0.2, 0.25) is 5.02 Å². The third-order valence-corrected chi connectivity index (χ3v) is 5.85. The van der Waals surface area contributed by atoms with Gasteiger partial charge in [-0.1, -0.05) is 103 Å². The fraction of sp³-hybridized carbons (Fsp3) is 0.0690. The lowest BCUT2D eigenvalue weighted by Gasteiger charge is -2.26. The molecule has 4 aromatic rings. The minimum absolute atomic E-state index is 0.372. The van der Waals surface area contributed by atoms with E-state index in [0.717, 1.165) is 11.1 Å². The van der Waals surface area contributed by atoms with E-state index < -0.39 is 29.3 Å². The Labute approximate surface area is 203 Å². The number of halogens is 1. The number of rotatable bonds is 8. The van der Waals surface area contributed by atoms with Gasteiger partial charge in [-0.05, 0) is 35.4 Å². The number of hydrogen-bond donors (Lipinski definition) is 1. The van der Waals surface area contributed by atoms with Crippen LogP contribution in [0.3, 0.4) is 0 Å². The summed E-state index contributed by atoms with van der Waals surface area (Å²) in [5, 5.41) is 3.12. The second-order valence-electron chi connectivity index (χ2n) is 7.83. The van der Waals surface area contributed by atoms with E-state index in [1.54, 1.807) is 54.6 Å². The van der Waals surface area contributed by atoms with Crippen molar-refractivity contribution in [2.75, 3.05) is 5.32 Å². The minimum Gasteiger partial charge on any atom is -0.319 e. The van der Waals surface area contributed by atoms with Gasteiger partial charge in [-0.3, -0.25) is 14.4 Å². The first-order valence-corrected chi connectivity index (χ1v) is 11.2. The topological polar surface area (TPSA) is 63.2 Å². The van der Waals surface area contributed by atoms with Gasteiger partial charge in [0.2, 0.25) is 5.78 Å². The van der Waals surface area contributed by atoms with E-state index in [1.807, 2.05) is 60.7 Å². The van der Waals surface area contributed by atoms with Crippen LogP contribution in [0.1, 0.15) is 27.4 Å². The van der Waals surface area contributed by atoms with E-state index >= 15 is 0 Å². The van der Waals surface area contributed by atoms with E-state index in [9.17, 15) is 14.4 Å². The number of anilines is 1. The monoisotopic (exact) mass is 467 g/mol. The highest BCUT2D eigenvalue weighted by atomic mass is 35.5. The Morgan fingerprint density at radius 2 is 1.09 bits per heavy atom. The standard InChI is InChI=1S/C29H22ClNO3/c30-23-16-18-24(19-17-23)31-29(34)28(33)26(27(32)22-14-8-3-9-15-22)25(20-10-4-1-5-11-20)21-12-6-2-7-13-21/h1-19,25-26H,(H,31,34)/t26-/m0/s1. The Morgan fingerprint density at radius 3 is 1.59 bits per heavy atom. The van der Waals surface area contributed by atoms with Gasteiger partial charge in [0.05, 0.1) is 0 Å². The fourth-order valence-corrected chi connectivity index (χ4v) is 4.10. The van der Waals surface area contributed by atoms with E-state index in [4.69, 9.17) is 11.6 Å². The molecule has 0 saturated heterocycles. The third kappa shape index (κ3) is 5.30. The highest BCUT2D eigenvalue weighted by molar-refractivity contribution is 6.45. The summed E-state index contributed by atoms with van der Waals surface area (Å²) in [4.78, 5) is 40.5. The van der Waals surface area contributed by atoms with E-state index in [1.165, 1.54) is 0 Å². The molecule has 0 saturated carbocycles. The number of nitrogens with one attached hydrogen (secondary N) is 1. The van der Waals surface area contributed by atoms with Gasteiger partial charge in [-0.25, -0.2) is 0 Å². The van der Waals surface area contributed by atoms with Gasteiger partial charge in [0.15, 0.2) is 5.78 Å². The number of hydrogen-bond acceptors (Lipinski definition) is 3. The van der Waals surface area contributed by atoms with Crippen molar-refractivity contribution in [1.82, 2.24) is 0 Å². The number of carbonyl (C=O) groups is 3. The average molecular weight is 468 g/mol. The first-order valence-electron chi connectivity index (χ1n) is 10.8. The zero-order valence-electron chi connectivity index (χ0n) is 18.2. The maximum absolute atomic E-state index is 13.8. The van der Waals surface area contributed by atoms with Crippen LogP contribution in [-0.4, -0.2) is 17.5 Å². The molecule has 0 fully saturated rings. The Balaban J connectivity index is 1.79. The summed E-state index contributed by atoms with van der Waals surface area (Å²) in [6.07, 6.45) is 0. The highest BCUT2D eigenvalue weighted by Crippen LogP contribution is 2.35. The predicted octanol–water partition coefficient (Wildman–Crippen LogP) is 6.18. The Kier molecular flexibility index (Phi) is 7.31. The van der Waals surface area contributed by atoms with Crippen molar-refractivity contribution < 1.29 is 14.4 Å². The van der Waals surface area contributed by atoms with Gasteiger partial charge in [0, 0.05) is 22.2 Å². The molecular formula is C29H22ClNO3. The van der Waals surface area contributed by atoms with Gasteiger partial charge in [-0.15, -0.1) is 0 Å². The van der Waals surface area contributed by atoms with Gasteiger partial charge in [0.25, 0.3) is 5.91 Å². The molecule has 0 bridgehead atoms. The molecular weight excluding hydrogens is 446 g/mol. The van der Waals surface area contributed by atoms with E-state index in [0.29, 0.717) is 16.3 Å². The van der Waals surface area contributed by atoms with Crippen molar-refractivity contribution in [2.45, 2.75) is 5.92 Å². The molecule has 4 nitrogen and oxygen atoms in total. The summed E-state index contributed by atoms with van der Waals surface area (Å²) in [7, 11) is 0. The maximum atomic E-state index is 13.8. The van der Waals surface area contributed by atoms with Crippen LogP contribution in [-0.2, 0) is 9.59 Å². The van der Waals surface area contributed by atoms with Crippen molar-refractivity contribution in [3.63, 3.8) is 0 Å². The molecule has 0 aliphatic carbocycles. The minimum atomic E-state index is -1.25. The Bertz CT molecular complexity index is 1230. The molecule has 0 spiro atoms. The smallest absolute Gasteiger partial charge is 0.292 e. The maximum Gasteiger partial charge on any atom is 0.292 e. The fourth-order valence-electron chi connectivity index (χ4n) is 3.97. The summed E-state index contributed by atoms with van der Waals surface area (Å²) in [5.74, 6) is -3.96. The summed E-state index contributed by atoms with van der Waals surface area (Å²) >= 11 is 5.92. The van der Waals surface area contributed by atoms with Crippen molar-refractivity contribution in [3.05, 3.63) is 137 Å². The molecule has 4 rings (SSSR count). The molecule has 0 aliphatic rings. The largest absolute Gasteiger partial charge is 0.319 e. The Morgan fingerprint density at radius 1 is 0.618 bits per heavy atom. The van der Waals surface area contributed by atoms with Crippen LogP contribution in [0.25, 0.3) is 0 Å². The number of benzene rings is 4. The molecule has 0 unspecified atom stereocenters. The van der Waals surface area contributed by atoms with Gasteiger partial charge < -0.3 is 5.32 Å². The van der Waals surface area contributed by atoms with Gasteiger partial charge >= 0.3 is 0 Å². The highest BCUT2D eigenvalue weighted by Gasteiger charge is 2.40. The molecule has 4 aromatic carbocycles. The average Bonchev–Trinajstić information content (AvgIpc) is 2.89. The molecule has 0 heterocycles. The van der Waals surface area contributed by atoms with Crippen molar-refractivity contribution in [3.8, 4) is 0 Å². The molecule has 1 amide bonds. The second kappa shape index (κ2) is 10.7. The molecule has 0 radical (unpaired) electrons. The summed E-state index contributed by atoms with van der Waals surface area (Å²) in [5.41, 5.74) is 2.34. The van der Waals surface area contributed by atoms with Crippen molar-refractivity contribution in [2.24, 2.45) is 5.92 Å². The third-order valence-electron chi connectivity index (χ3n) is 5.60. The zero-order valence-corrected chi connectivity index (χ0v) is 19.0. The van der Waals surface area contributed by atoms with Crippen molar-refractivity contribution in [1.29, 1.82) is 0 Å². The van der Waals surface area contributed by atoms with Crippen LogP contribution in [0.5, 0.6) is 0 Å². The lowest BCUT2D eigenvalue weighted by atomic mass is 9.74. The summed E-state index contributed by atoms with van der Waals surface area (Å²) in [6, 6.07) is 33.7. The molecule has 0 aromatic heterocycles. The first-order chi connectivity index (χ1) is 16.5. The first kappa shape index (κ1) is 23.1. The molecule has 5 heteroatoms. The van der Waals surface area contributed by atoms with Crippen LogP contribution in [0, 0.1) is 5.92 Å². The number of amides is 1. The van der Waals surface area contributed by atoms with Crippen LogP contribution in [0.4, 0.5) is 5.69 Å². The van der Waals surface area contributed by atoms with Crippen molar-refractivity contribution >= 4 is 34.8 Å². The molecule has 1 N–H and O–H groups in total. The van der Waals surface area contributed by atoms with Crippen LogP contribution in [0.15, 0.2) is 115 Å². The van der Waals surface area contributed by atoms with E-state index in [-0.39, 0.29) is 0 Å². The van der Waals surface area contributed by atoms with Gasteiger partial charge in [-0.2, -0.15) is 0 Å². The molecule has 168 valence electrons. The quantitative estimate of drug-likeness (QED) is 0.191. The van der Waals surface area contributed by atoms with E-state index in [2.05, 4.69) is 5.32 Å². The summed E-state index contributed by atoms with van der Waals surface area (Å²) < 4.78 is 0. The Hall–Kier alpha value is -4.02. The zero-order chi connectivity index (χ0) is 23.9.